The zero-order chi connectivity index (χ0) is 22.0. The van der Waals surface area contributed by atoms with Crippen LogP contribution in [0.1, 0.15) is 16.8 Å². The summed E-state index contributed by atoms with van der Waals surface area (Å²) in [7, 11) is 0. The number of aromatic amines is 1. The molecule has 0 amide bonds. The van der Waals surface area contributed by atoms with E-state index in [4.69, 9.17) is 0 Å². The van der Waals surface area contributed by atoms with Gasteiger partial charge in [0, 0.05) is 23.0 Å². The van der Waals surface area contributed by atoms with Crippen LogP contribution < -0.4 is 5.11 Å². The number of rotatable bonds is 6. The van der Waals surface area contributed by atoms with E-state index in [9.17, 15) is 23.1 Å². The molecule has 0 saturated heterocycles. The smallest absolute Gasteiger partial charge is 0.422 e. The topological polar surface area (TPSA) is 65.1 Å². The number of hydrogen-bond acceptors (Lipinski definition) is 3. The van der Waals surface area contributed by atoms with Crippen LogP contribution in [0, 0.1) is 0 Å². The number of carboxylic acids is 1. The molecular weight excluding hydrogens is 407 g/mol. The van der Waals surface area contributed by atoms with Crippen molar-refractivity contribution in [3.05, 3.63) is 89.3 Å². The standard InChI is InChI=1S/C24H18F3NO3/c25-24(26,27)14-31-22(23(29)30)12-16-6-8-21-19(10-16)13-20(28-21)11-15-5-7-17-3-1-2-4-18(17)9-15/h1-10,12-13,28H,11,14H2,(H,29,30)/p-1. The molecule has 0 aliphatic rings. The Bertz CT molecular complexity index is 1290. The minimum atomic E-state index is -4.64. The average molecular weight is 424 g/mol. The first-order valence-corrected chi connectivity index (χ1v) is 9.49. The summed E-state index contributed by atoms with van der Waals surface area (Å²) >= 11 is 0. The first kappa shape index (κ1) is 20.5. The molecule has 0 radical (unpaired) electrons. The molecule has 0 bridgehead atoms. The van der Waals surface area contributed by atoms with Gasteiger partial charge >= 0.3 is 6.18 Å². The number of aromatic nitrogens is 1. The zero-order valence-corrected chi connectivity index (χ0v) is 16.2. The van der Waals surface area contributed by atoms with Crippen LogP contribution >= 0.6 is 0 Å². The van der Waals surface area contributed by atoms with Gasteiger partial charge < -0.3 is 19.6 Å². The molecule has 158 valence electrons. The number of benzene rings is 3. The predicted molar refractivity (Wildman–Crippen MR) is 110 cm³/mol. The summed E-state index contributed by atoms with van der Waals surface area (Å²) in [6.45, 7) is -1.70. The van der Waals surface area contributed by atoms with Crippen molar-refractivity contribution in [2.24, 2.45) is 0 Å². The molecule has 4 aromatic rings. The second-order valence-corrected chi connectivity index (χ2v) is 7.20. The monoisotopic (exact) mass is 424 g/mol. The van der Waals surface area contributed by atoms with Crippen LogP contribution in [0.3, 0.4) is 0 Å². The van der Waals surface area contributed by atoms with Crippen molar-refractivity contribution in [3.8, 4) is 0 Å². The highest BCUT2D eigenvalue weighted by atomic mass is 19.4. The molecular formula is C24H17F3NO3-. The number of alkyl halides is 3. The van der Waals surface area contributed by atoms with Gasteiger partial charge in [0.15, 0.2) is 6.61 Å². The third kappa shape index (κ3) is 5.06. The third-order valence-corrected chi connectivity index (χ3v) is 4.80. The van der Waals surface area contributed by atoms with Crippen LogP contribution in [0.4, 0.5) is 13.2 Å². The van der Waals surface area contributed by atoms with Gasteiger partial charge in [0.05, 0.1) is 0 Å². The fourth-order valence-electron chi connectivity index (χ4n) is 3.44. The van der Waals surface area contributed by atoms with Crippen molar-refractivity contribution in [2.75, 3.05) is 6.61 Å². The molecule has 0 aliphatic carbocycles. The fourth-order valence-corrected chi connectivity index (χ4v) is 3.44. The summed E-state index contributed by atoms with van der Waals surface area (Å²) in [4.78, 5) is 14.4. The van der Waals surface area contributed by atoms with Gasteiger partial charge in [-0.1, -0.05) is 48.5 Å². The molecule has 7 heteroatoms. The number of carboxylic acid groups (broad SMARTS) is 1. The van der Waals surface area contributed by atoms with Crippen molar-refractivity contribution in [1.29, 1.82) is 0 Å². The highest BCUT2D eigenvalue weighted by molar-refractivity contribution is 5.90. The van der Waals surface area contributed by atoms with E-state index in [1.165, 1.54) is 0 Å². The Labute approximate surface area is 175 Å². The lowest BCUT2D eigenvalue weighted by atomic mass is 10.0. The number of ether oxygens (including phenoxy) is 1. The number of nitrogens with one attached hydrogen (secondary N) is 1. The quantitative estimate of drug-likeness (QED) is 0.364. The molecule has 0 atom stereocenters. The lowest BCUT2D eigenvalue weighted by molar-refractivity contribution is -0.304. The van der Waals surface area contributed by atoms with E-state index < -0.39 is 24.5 Å². The van der Waals surface area contributed by atoms with Gasteiger partial charge in [0.2, 0.25) is 0 Å². The number of carbonyl (C=O) groups is 1. The number of H-pyrrole nitrogens is 1. The molecule has 0 unspecified atom stereocenters. The van der Waals surface area contributed by atoms with Gasteiger partial charge in [-0.25, -0.2) is 0 Å². The molecule has 4 nitrogen and oxygen atoms in total. The second kappa shape index (κ2) is 8.18. The van der Waals surface area contributed by atoms with Gasteiger partial charge in [-0.05, 0) is 46.2 Å². The summed E-state index contributed by atoms with van der Waals surface area (Å²) in [5, 5.41) is 14.2. The summed E-state index contributed by atoms with van der Waals surface area (Å²) in [6, 6.07) is 21.3. The summed E-state index contributed by atoms with van der Waals surface area (Å²) < 4.78 is 41.3. The van der Waals surface area contributed by atoms with E-state index >= 15 is 0 Å². The third-order valence-electron chi connectivity index (χ3n) is 4.80. The van der Waals surface area contributed by atoms with Crippen molar-refractivity contribution < 1.29 is 27.8 Å². The van der Waals surface area contributed by atoms with Crippen molar-refractivity contribution in [1.82, 2.24) is 4.98 Å². The van der Waals surface area contributed by atoms with Crippen LogP contribution in [0.5, 0.6) is 0 Å². The van der Waals surface area contributed by atoms with Crippen LogP contribution in [-0.2, 0) is 16.0 Å². The number of carbonyl (C=O) groups excluding carboxylic acids is 1. The summed E-state index contributed by atoms with van der Waals surface area (Å²) in [6.07, 6.45) is -2.95. The van der Waals surface area contributed by atoms with E-state index in [-0.39, 0.29) is 0 Å². The summed E-state index contributed by atoms with van der Waals surface area (Å²) in [5.74, 6) is -2.68. The molecule has 0 aliphatic heterocycles. The molecule has 3 aromatic carbocycles. The number of hydrogen-bond donors (Lipinski definition) is 1. The molecule has 1 heterocycles. The van der Waals surface area contributed by atoms with E-state index in [1.54, 1.807) is 18.2 Å². The van der Waals surface area contributed by atoms with Crippen LogP contribution in [-0.4, -0.2) is 23.7 Å². The fraction of sp³-hybridized carbons (Fsp3) is 0.125. The SMILES string of the molecule is O=C([O-])C(=Cc1ccc2[nH]c(Cc3ccc4ccccc4c3)cc2c1)OCC(F)(F)F. The molecule has 31 heavy (non-hydrogen) atoms. The first-order chi connectivity index (χ1) is 14.8. The predicted octanol–water partition coefficient (Wildman–Crippen LogP) is 4.58. The van der Waals surface area contributed by atoms with Crippen LogP contribution in [0.15, 0.2) is 72.5 Å². The first-order valence-electron chi connectivity index (χ1n) is 9.49. The Morgan fingerprint density at radius 2 is 1.74 bits per heavy atom. The highest BCUT2D eigenvalue weighted by Crippen LogP contribution is 2.23. The average Bonchev–Trinajstić information content (AvgIpc) is 3.11. The van der Waals surface area contributed by atoms with Crippen LogP contribution in [0.25, 0.3) is 27.8 Å². The maximum atomic E-state index is 12.3. The second-order valence-electron chi connectivity index (χ2n) is 7.20. The summed E-state index contributed by atoms with van der Waals surface area (Å²) in [5.41, 5.74) is 3.31. The Balaban J connectivity index is 1.57. The van der Waals surface area contributed by atoms with E-state index in [2.05, 4.69) is 40.1 Å². The van der Waals surface area contributed by atoms with Gasteiger partial charge in [-0.2, -0.15) is 13.2 Å². The Kier molecular flexibility index (Phi) is 5.42. The van der Waals surface area contributed by atoms with E-state index in [0.717, 1.165) is 39.0 Å². The lowest BCUT2D eigenvalue weighted by Crippen LogP contribution is -2.28. The lowest BCUT2D eigenvalue weighted by Gasteiger charge is -2.13. The van der Waals surface area contributed by atoms with E-state index in [1.807, 2.05) is 18.2 Å². The molecule has 4 rings (SSSR count). The molecule has 1 N–H and O–H groups in total. The maximum absolute atomic E-state index is 12.3. The molecule has 0 spiro atoms. The van der Waals surface area contributed by atoms with Crippen molar-refractivity contribution in [2.45, 2.75) is 12.6 Å². The maximum Gasteiger partial charge on any atom is 0.422 e. The Morgan fingerprint density at radius 1 is 0.968 bits per heavy atom. The zero-order valence-electron chi connectivity index (χ0n) is 16.2. The molecule has 1 aromatic heterocycles. The normalized spacial score (nSPS) is 12.4. The minimum absolute atomic E-state index is 0.394. The van der Waals surface area contributed by atoms with Crippen molar-refractivity contribution in [3.63, 3.8) is 0 Å². The number of fused-ring (bicyclic) bond motifs is 2. The number of aliphatic carboxylic acids is 1. The Hall–Kier alpha value is -3.74. The van der Waals surface area contributed by atoms with E-state index in [0.29, 0.717) is 12.0 Å². The van der Waals surface area contributed by atoms with Gasteiger partial charge in [0.1, 0.15) is 11.7 Å². The molecule has 0 saturated carbocycles. The minimum Gasteiger partial charge on any atom is -0.542 e. The van der Waals surface area contributed by atoms with Gasteiger partial charge in [-0.3, -0.25) is 0 Å². The Morgan fingerprint density at radius 3 is 2.48 bits per heavy atom. The van der Waals surface area contributed by atoms with Gasteiger partial charge in [0.25, 0.3) is 0 Å². The highest BCUT2D eigenvalue weighted by Gasteiger charge is 2.29. The number of halogens is 3. The largest absolute Gasteiger partial charge is 0.542 e. The van der Waals surface area contributed by atoms with Crippen LogP contribution in [0.2, 0.25) is 0 Å². The van der Waals surface area contributed by atoms with Crippen molar-refractivity contribution >= 4 is 33.7 Å². The van der Waals surface area contributed by atoms with Gasteiger partial charge in [-0.15, -0.1) is 0 Å². The molecule has 0 fully saturated rings.